The van der Waals surface area contributed by atoms with Crippen LogP contribution in [0.15, 0.2) is 35.4 Å². The molecule has 1 fully saturated rings. The van der Waals surface area contributed by atoms with Gasteiger partial charge in [0.15, 0.2) is 0 Å². The molecule has 0 radical (unpaired) electrons. The van der Waals surface area contributed by atoms with Crippen molar-refractivity contribution in [3.63, 3.8) is 0 Å². The molecule has 0 aromatic carbocycles. The van der Waals surface area contributed by atoms with Gasteiger partial charge in [-0.2, -0.15) is 5.10 Å². The first kappa shape index (κ1) is 16.2. The summed E-state index contributed by atoms with van der Waals surface area (Å²) >= 11 is 0. The van der Waals surface area contributed by atoms with Gasteiger partial charge in [-0.1, -0.05) is 6.07 Å². The number of carbonyl (C=O) groups is 1. The van der Waals surface area contributed by atoms with E-state index in [-0.39, 0.29) is 11.5 Å². The van der Waals surface area contributed by atoms with Crippen LogP contribution in [-0.2, 0) is 11.8 Å². The lowest BCUT2D eigenvalue weighted by Gasteiger charge is -2.31. The Hall–Kier alpha value is -2.70. The normalized spacial score (nSPS) is 15.3. The Morgan fingerprint density at radius 2 is 2.00 bits per heavy atom. The van der Waals surface area contributed by atoms with Crippen molar-refractivity contribution in [3.05, 3.63) is 46.5 Å². The van der Waals surface area contributed by atoms with E-state index in [0.29, 0.717) is 17.4 Å². The Labute approximate surface area is 140 Å². The quantitative estimate of drug-likeness (QED) is 0.927. The number of aromatic nitrogens is 3. The summed E-state index contributed by atoms with van der Waals surface area (Å²) < 4.78 is 1.28. The van der Waals surface area contributed by atoms with E-state index in [2.05, 4.69) is 15.4 Å². The highest BCUT2D eigenvalue weighted by molar-refractivity contribution is 5.73. The van der Waals surface area contributed by atoms with Gasteiger partial charge in [-0.15, -0.1) is 0 Å². The summed E-state index contributed by atoms with van der Waals surface area (Å²) in [5.74, 6) is 1.20. The highest BCUT2D eigenvalue weighted by Crippen LogP contribution is 2.28. The molecule has 0 unspecified atom stereocenters. The third kappa shape index (κ3) is 3.45. The van der Waals surface area contributed by atoms with Gasteiger partial charge in [-0.3, -0.25) is 9.59 Å². The third-order valence-corrected chi connectivity index (χ3v) is 4.47. The predicted molar refractivity (Wildman–Crippen MR) is 91.2 cm³/mol. The number of rotatable bonds is 3. The second-order valence-corrected chi connectivity index (χ2v) is 6.06. The Bertz CT molecular complexity index is 776. The SMILES string of the molecule is CC(=O)N1CCC(c2ccc(Nc3ccnn(C)c3=O)nc2)CC1. The minimum absolute atomic E-state index is 0.144. The van der Waals surface area contributed by atoms with Gasteiger partial charge in [-0.05, 0) is 36.5 Å². The first-order valence-electron chi connectivity index (χ1n) is 8.05. The Kier molecular flexibility index (Phi) is 4.59. The molecule has 0 spiro atoms. The minimum Gasteiger partial charge on any atom is -0.343 e. The molecule has 2 aromatic heterocycles. The highest BCUT2D eigenvalue weighted by atomic mass is 16.2. The summed E-state index contributed by atoms with van der Waals surface area (Å²) in [6.45, 7) is 3.21. The number of hydrogen-bond acceptors (Lipinski definition) is 5. The van der Waals surface area contributed by atoms with E-state index in [1.807, 2.05) is 23.2 Å². The fourth-order valence-corrected chi connectivity index (χ4v) is 2.99. The first-order chi connectivity index (χ1) is 11.5. The summed E-state index contributed by atoms with van der Waals surface area (Å²) in [6.07, 6.45) is 5.33. The van der Waals surface area contributed by atoms with Crippen LogP contribution in [0.4, 0.5) is 11.5 Å². The Morgan fingerprint density at radius 1 is 1.25 bits per heavy atom. The lowest BCUT2D eigenvalue weighted by atomic mass is 9.90. The third-order valence-electron chi connectivity index (χ3n) is 4.47. The van der Waals surface area contributed by atoms with Crippen molar-refractivity contribution >= 4 is 17.4 Å². The largest absolute Gasteiger partial charge is 0.343 e. The van der Waals surface area contributed by atoms with Gasteiger partial charge in [0.25, 0.3) is 5.56 Å². The van der Waals surface area contributed by atoms with Crippen molar-refractivity contribution in [2.45, 2.75) is 25.7 Å². The van der Waals surface area contributed by atoms with Crippen LogP contribution >= 0.6 is 0 Å². The summed E-state index contributed by atoms with van der Waals surface area (Å²) in [5.41, 5.74) is 1.42. The smallest absolute Gasteiger partial charge is 0.290 e. The van der Waals surface area contributed by atoms with Crippen molar-refractivity contribution < 1.29 is 4.79 Å². The van der Waals surface area contributed by atoms with Crippen LogP contribution in [0.2, 0.25) is 0 Å². The molecule has 0 bridgehead atoms. The summed E-state index contributed by atoms with van der Waals surface area (Å²) in [5, 5.41) is 6.92. The van der Waals surface area contributed by atoms with Crippen LogP contribution in [0.1, 0.15) is 31.2 Å². The molecule has 1 saturated heterocycles. The second kappa shape index (κ2) is 6.82. The van der Waals surface area contributed by atoms with E-state index < -0.39 is 0 Å². The fraction of sp³-hybridized carbons (Fsp3) is 0.412. The van der Waals surface area contributed by atoms with Crippen molar-refractivity contribution in [2.24, 2.45) is 7.05 Å². The van der Waals surface area contributed by atoms with E-state index in [0.717, 1.165) is 25.9 Å². The molecule has 3 heterocycles. The highest BCUT2D eigenvalue weighted by Gasteiger charge is 2.22. The number of anilines is 2. The predicted octanol–water partition coefficient (Wildman–Crippen LogP) is 1.64. The maximum atomic E-state index is 12.0. The van der Waals surface area contributed by atoms with E-state index >= 15 is 0 Å². The van der Waals surface area contributed by atoms with Crippen LogP contribution in [0.5, 0.6) is 0 Å². The van der Waals surface area contributed by atoms with Gasteiger partial charge in [0.2, 0.25) is 5.91 Å². The molecule has 1 aliphatic rings. The molecule has 126 valence electrons. The molecule has 7 heteroatoms. The maximum absolute atomic E-state index is 12.0. The lowest BCUT2D eigenvalue weighted by molar-refractivity contribution is -0.129. The molecule has 2 aromatic rings. The molecule has 1 N–H and O–H groups in total. The van der Waals surface area contributed by atoms with Crippen LogP contribution in [0.25, 0.3) is 0 Å². The second-order valence-electron chi connectivity index (χ2n) is 6.06. The van der Waals surface area contributed by atoms with Crippen LogP contribution in [0.3, 0.4) is 0 Å². The van der Waals surface area contributed by atoms with Crippen LogP contribution in [-0.4, -0.2) is 38.7 Å². The van der Waals surface area contributed by atoms with Crippen LogP contribution < -0.4 is 10.9 Å². The zero-order valence-electron chi connectivity index (χ0n) is 13.9. The zero-order chi connectivity index (χ0) is 17.1. The summed E-state index contributed by atoms with van der Waals surface area (Å²) in [6, 6.07) is 5.55. The minimum atomic E-state index is -0.194. The summed E-state index contributed by atoms with van der Waals surface area (Å²) in [7, 11) is 1.61. The van der Waals surface area contributed by atoms with E-state index in [9.17, 15) is 9.59 Å². The number of nitrogens with one attached hydrogen (secondary N) is 1. The maximum Gasteiger partial charge on any atom is 0.290 e. The molecular weight excluding hydrogens is 306 g/mol. The number of likely N-dealkylation sites (tertiary alicyclic amines) is 1. The van der Waals surface area contributed by atoms with E-state index in [4.69, 9.17) is 0 Å². The topological polar surface area (TPSA) is 80.1 Å². The Balaban J connectivity index is 1.67. The number of amides is 1. The lowest BCUT2D eigenvalue weighted by Crippen LogP contribution is -2.36. The number of aryl methyl sites for hydroxylation is 1. The molecule has 3 rings (SSSR count). The number of pyridine rings is 1. The Morgan fingerprint density at radius 3 is 2.62 bits per heavy atom. The average molecular weight is 327 g/mol. The van der Waals surface area contributed by atoms with E-state index in [1.165, 1.54) is 10.2 Å². The number of piperidine rings is 1. The molecule has 0 saturated carbocycles. The zero-order valence-corrected chi connectivity index (χ0v) is 13.9. The molecule has 7 nitrogen and oxygen atoms in total. The average Bonchev–Trinajstić information content (AvgIpc) is 2.60. The van der Waals surface area contributed by atoms with Gasteiger partial charge in [0, 0.05) is 39.5 Å². The van der Waals surface area contributed by atoms with Crippen LogP contribution in [0, 0.1) is 0 Å². The standard InChI is InChI=1S/C17H21N5O2/c1-12(23)22-9-6-13(7-10-22)14-3-4-16(18-11-14)20-15-5-8-19-21(2)17(15)24/h3-5,8,11,13H,6-7,9-10H2,1-2H3,(H,18,20). The number of carbonyl (C=O) groups excluding carboxylic acids is 1. The molecule has 1 amide bonds. The van der Waals surface area contributed by atoms with Crippen molar-refractivity contribution in [1.29, 1.82) is 0 Å². The fourth-order valence-electron chi connectivity index (χ4n) is 2.99. The van der Waals surface area contributed by atoms with Gasteiger partial charge >= 0.3 is 0 Å². The number of nitrogens with zero attached hydrogens (tertiary/aromatic N) is 4. The first-order valence-corrected chi connectivity index (χ1v) is 8.05. The molecule has 0 aliphatic carbocycles. The van der Waals surface area contributed by atoms with Gasteiger partial charge in [0.05, 0.1) is 0 Å². The molecule has 0 atom stereocenters. The van der Waals surface area contributed by atoms with Crippen molar-refractivity contribution in [3.8, 4) is 0 Å². The van der Waals surface area contributed by atoms with Gasteiger partial charge in [0.1, 0.15) is 11.5 Å². The molecule has 24 heavy (non-hydrogen) atoms. The summed E-state index contributed by atoms with van der Waals surface area (Å²) in [4.78, 5) is 29.6. The number of hydrogen-bond donors (Lipinski definition) is 1. The molecular formula is C17H21N5O2. The molecule has 1 aliphatic heterocycles. The monoisotopic (exact) mass is 327 g/mol. The van der Waals surface area contributed by atoms with E-state index in [1.54, 1.807) is 26.2 Å². The van der Waals surface area contributed by atoms with Gasteiger partial charge in [-0.25, -0.2) is 9.67 Å². The van der Waals surface area contributed by atoms with Gasteiger partial charge < -0.3 is 10.2 Å². The van der Waals surface area contributed by atoms with Crippen molar-refractivity contribution in [1.82, 2.24) is 19.7 Å². The van der Waals surface area contributed by atoms with Crippen molar-refractivity contribution in [2.75, 3.05) is 18.4 Å².